The molecule has 1 aromatic carbocycles. The zero-order chi connectivity index (χ0) is 17.8. The number of carbonyl (C=O) groups is 2. The fourth-order valence-electron chi connectivity index (χ4n) is 2.18. The smallest absolute Gasteiger partial charge is 0.266 e. The van der Waals surface area contributed by atoms with Crippen LogP contribution in [-0.4, -0.2) is 27.6 Å². The minimum Gasteiger partial charge on any atom is -0.465 e. The largest absolute Gasteiger partial charge is 0.465 e. The molecule has 1 N–H and O–H groups in total. The number of amides is 2. The van der Waals surface area contributed by atoms with Crippen LogP contribution in [0.2, 0.25) is 0 Å². The standard InChI is InChI=1S/C17H13BrN2O3S2/c18-12-5-1-2-6-13(12)19-15(21)7-8-20-16(22)14(25-17(20)24)10-11-4-3-9-23-11/h1-6,9-10H,7-8H2,(H,19,21)/b14-10+. The predicted octanol–water partition coefficient (Wildman–Crippen LogP) is 4.27. The summed E-state index contributed by atoms with van der Waals surface area (Å²) in [6, 6.07) is 10.9. The number of rotatable bonds is 5. The lowest BCUT2D eigenvalue weighted by molar-refractivity contribution is -0.122. The van der Waals surface area contributed by atoms with Gasteiger partial charge in [-0.05, 0) is 40.2 Å². The van der Waals surface area contributed by atoms with E-state index in [4.69, 9.17) is 16.6 Å². The number of benzene rings is 1. The number of anilines is 1. The molecule has 2 aromatic rings. The van der Waals surface area contributed by atoms with Crippen LogP contribution in [0, 0.1) is 0 Å². The number of hydrogen-bond acceptors (Lipinski definition) is 5. The second-order valence-corrected chi connectivity index (χ2v) is 7.66. The first-order valence-corrected chi connectivity index (χ1v) is 9.39. The number of nitrogens with one attached hydrogen (secondary N) is 1. The van der Waals surface area contributed by atoms with Gasteiger partial charge < -0.3 is 9.73 Å². The number of furan rings is 1. The summed E-state index contributed by atoms with van der Waals surface area (Å²) in [5, 5.41) is 2.81. The Morgan fingerprint density at radius 1 is 1.32 bits per heavy atom. The van der Waals surface area contributed by atoms with Crippen molar-refractivity contribution in [3.63, 3.8) is 0 Å². The van der Waals surface area contributed by atoms with E-state index in [1.165, 1.54) is 16.7 Å². The lowest BCUT2D eigenvalue weighted by Crippen LogP contribution is -2.31. The van der Waals surface area contributed by atoms with Crippen LogP contribution in [0.4, 0.5) is 5.69 Å². The van der Waals surface area contributed by atoms with Crippen LogP contribution in [-0.2, 0) is 9.59 Å². The molecule has 1 saturated heterocycles. The number of carbonyl (C=O) groups excluding carboxylic acids is 2. The van der Waals surface area contributed by atoms with E-state index in [2.05, 4.69) is 21.2 Å². The van der Waals surface area contributed by atoms with Crippen molar-refractivity contribution in [3.8, 4) is 0 Å². The molecular weight excluding hydrogens is 424 g/mol. The second-order valence-electron chi connectivity index (χ2n) is 5.13. The monoisotopic (exact) mass is 436 g/mol. The highest BCUT2D eigenvalue weighted by molar-refractivity contribution is 9.10. The third kappa shape index (κ3) is 4.39. The quantitative estimate of drug-likeness (QED) is 0.559. The zero-order valence-corrected chi connectivity index (χ0v) is 16.1. The van der Waals surface area contributed by atoms with Gasteiger partial charge >= 0.3 is 0 Å². The van der Waals surface area contributed by atoms with Crippen molar-refractivity contribution >= 4 is 67.8 Å². The van der Waals surface area contributed by atoms with Crippen molar-refractivity contribution < 1.29 is 14.0 Å². The van der Waals surface area contributed by atoms with Crippen LogP contribution in [0.3, 0.4) is 0 Å². The van der Waals surface area contributed by atoms with Crippen molar-refractivity contribution in [1.29, 1.82) is 0 Å². The maximum absolute atomic E-state index is 12.4. The molecule has 0 saturated carbocycles. The molecule has 1 aliphatic heterocycles. The average molecular weight is 437 g/mol. The van der Waals surface area contributed by atoms with Crippen molar-refractivity contribution in [2.24, 2.45) is 0 Å². The van der Waals surface area contributed by atoms with Gasteiger partial charge in [0.05, 0.1) is 16.9 Å². The van der Waals surface area contributed by atoms with E-state index < -0.39 is 0 Å². The summed E-state index contributed by atoms with van der Waals surface area (Å²) in [7, 11) is 0. The van der Waals surface area contributed by atoms with Crippen molar-refractivity contribution in [2.45, 2.75) is 6.42 Å². The van der Waals surface area contributed by atoms with E-state index in [9.17, 15) is 9.59 Å². The normalized spacial score (nSPS) is 15.9. The Morgan fingerprint density at radius 3 is 2.84 bits per heavy atom. The number of hydrogen-bond donors (Lipinski definition) is 1. The van der Waals surface area contributed by atoms with Crippen LogP contribution < -0.4 is 5.32 Å². The molecule has 2 amide bonds. The topological polar surface area (TPSA) is 62.6 Å². The van der Waals surface area contributed by atoms with Gasteiger partial charge in [-0.2, -0.15) is 0 Å². The summed E-state index contributed by atoms with van der Waals surface area (Å²) in [4.78, 5) is 26.5. The third-order valence-electron chi connectivity index (χ3n) is 3.40. The Bertz CT molecular complexity index is 849. The Labute approximate surface area is 162 Å². The van der Waals surface area contributed by atoms with Crippen molar-refractivity contribution in [3.05, 3.63) is 57.8 Å². The van der Waals surface area contributed by atoms with Gasteiger partial charge in [0.2, 0.25) is 5.91 Å². The van der Waals surface area contributed by atoms with Crippen LogP contribution >= 0.6 is 39.9 Å². The molecule has 5 nitrogen and oxygen atoms in total. The summed E-state index contributed by atoms with van der Waals surface area (Å²) in [5.74, 6) is 0.197. The Kier molecular flexibility index (Phi) is 5.72. The molecule has 0 spiro atoms. The average Bonchev–Trinajstić information content (AvgIpc) is 3.18. The molecule has 128 valence electrons. The fourth-order valence-corrected chi connectivity index (χ4v) is 3.86. The number of para-hydroxylation sites is 1. The molecule has 1 fully saturated rings. The molecular formula is C17H13BrN2O3S2. The van der Waals surface area contributed by atoms with Crippen LogP contribution in [0.5, 0.6) is 0 Å². The number of halogens is 1. The molecule has 0 aliphatic carbocycles. The first-order chi connectivity index (χ1) is 12.0. The Balaban J connectivity index is 1.59. The zero-order valence-electron chi connectivity index (χ0n) is 12.9. The lowest BCUT2D eigenvalue weighted by Gasteiger charge is -2.14. The van der Waals surface area contributed by atoms with Crippen LogP contribution in [0.1, 0.15) is 12.2 Å². The highest BCUT2D eigenvalue weighted by Gasteiger charge is 2.32. The van der Waals surface area contributed by atoms with Gasteiger partial charge in [0.1, 0.15) is 10.1 Å². The minimum atomic E-state index is -0.208. The lowest BCUT2D eigenvalue weighted by atomic mass is 10.3. The number of thioether (sulfide) groups is 1. The fraction of sp³-hybridized carbons (Fsp3) is 0.118. The molecule has 2 heterocycles. The SMILES string of the molecule is O=C(CCN1C(=O)/C(=C\c2ccco2)SC1=S)Nc1ccccc1Br. The minimum absolute atomic E-state index is 0.155. The van der Waals surface area contributed by atoms with E-state index in [1.807, 2.05) is 18.2 Å². The predicted molar refractivity (Wildman–Crippen MR) is 106 cm³/mol. The molecule has 0 radical (unpaired) electrons. The molecule has 1 aliphatic rings. The Hall–Kier alpha value is -1.90. The molecule has 0 atom stereocenters. The molecule has 8 heteroatoms. The van der Waals surface area contributed by atoms with Gasteiger partial charge in [-0.3, -0.25) is 14.5 Å². The van der Waals surface area contributed by atoms with Gasteiger partial charge in [0.25, 0.3) is 5.91 Å². The first kappa shape index (κ1) is 17.9. The second kappa shape index (κ2) is 7.99. The van der Waals surface area contributed by atoms with E-state index in [-0.39, 0.29) is 24.8 Å². The molecule has 0 unspecified atom stereocenters. The van der Waals surface area contributed by atoms with E-state index in [0.29, 0.717) is 20.7 Å². The van der Waals surface area contributed by atoms with E-state index in [1.54, 1.807) is 30.5 Å². The van der Waals surface area contributed by atoms with Gasteiger partial charge in [-0.25, -0.2) is 0 Å². The number of nitrogens with zero attached hydrogens (tertiary/aromatic N) is 1. The van der Waals surface area contributed by atoms with Crippen molar-refractivity contribution in [1.82, 2.24) is 4.90 Å². The van der Waals surface area contributed by atoms with Gasteiger partial charge in [-0.1, -0.05) is 36.1 Å². The molecule has 3 rings (SSSR count). The first-order valence-electron chi connectivity index (χ1n) is 7.38. The molecule has 25 heavy (non-hydrogen) atoms. The molecule has 0 bridgehead atoms. The van der Waals surface area contributed by atoms with Crippen LogP contribution in [0.15, 0.2) is 56.5 Å². The summed E-state index contributed by atoms with van der Waals surface area (Å²) in [6.45, 7) is 0.233. The summed E-state index contributed by atoms with van der Waals surface area (Å²) >= 11 is 9.84. The van der Waals surface area contributed by atoms with Crippen molar-refractivity contribution in [2.75, 3.05) is 11.9 Å². The third-order valence-corrected chi connectivity index (χ3v) is 5.47. The number of thiocarbonyl (C=S) groups is 1. The highest BCUT2D eigenvalue weighted by Crippen LogP contribution is 2.32. The van der Waals surface area contributed by atoms with Gasteiger partial charge in [0.15, 0.2) is 0 Å². The van der Waals surface area contributed by atoms with E-state index in [0.717, 1.165) is 4.47 Å². The van der Waals surface area contributed by atoms with E-state index >= 15 is 0 Å². The maximum atomic E-state index is 12.4. The summed E-state index contributed by atoms with van der Waals surface area (Å²) < 4.78 is 6.46. The Morgan fingerprint density at radius 2 is 2.12 bits per heavy atom. The van der Waals surface area contributed by atoms with Crippen LogP contribution in [0.25, 0.3) is 6.08 Å². The van der Waals surface area contributed by atoms with Gasteiger partial charge in [-0.15, -0.1) is 0 Å². The molecule has 1 aromatic heterocycles. The highest BCUT2D eigenvalue weighted by atomic mass is 79.9. The maximum Gasteiger partial charge on any atom is 0.266 e. The summed E-state index contributed by atoms with van der Waals surface area (Å²) in [5.41, 5.74) is 0.690. The van der Waals surface area contributed by atoms with Gasteiger partial charge in [0, 0.05) is 23.5 Å². The summed E-state index contributed by atoms with van der Waals surface area (Å²) in [6.07, 6.45) is 3.35.